The average molecular weight is 283 g/mol. The van der Waals surface area contributed by atoms with Gasteiger partial charge in [0.1, 0.15) is 6.61 Å². The molecule has 0 saturated heterocycles. The first-order valence-corrected chi connectivity index (χ1v) is 6.80. The molecule has 0 aromatic heterocycles. The van der Waals surface area contributed by atoms with E-state index in [1.54, 1.807) is 21.3 Å². The van der Waals surface area contributed by atoms with Crippen molar-refractivity contribution >= 4 is 0 Å². The molecule has 0 bridgehead atoms. The summed E-state index contributed by atoms with van der Waals surface area (Å²) in [4.78, 5) is 0. The van der Waals surface area contributed by atoms with E-state index < -0.39 is 0 Å². The Balaban J connectivity index is 2.58. The Hall–Kier alpha value is -1.30. The second kappa shape index (κ2) is 10.5. The molecule has 0 radical (unpaired) electrons. The molecule has 1 rings (SSSR count). The molecule has 0 heterocycles. The molecule has 114 valence electrons. The number of benzene rings is 1. The van der Waals surface area contributed by atoms with Crippen LogP contribution < -0.4 is 14.8 Å². The largest absolute Gasteiger partial charge is 0.493 e. The predicted molar refractivity (Wildman–Crippen MR) is 78.6 cm³/mol. The topological polar surface area (TPSA) is 49.0 Å². The normalized spacial score (nSPS) is 10.6. The lowest BCUT2D eigenvalue weighted by molar-refractivity contribution is 0.143. The molecular weight excluding hydrogens is 258 g/mol. The van der Waals surface area contributed by atoms with Crippen LogP contribution in [-0.2, 0) is 16.0 Å². The quantitative estimate of drug-likeness (QED) is 0.628. The van der Waals surface area contributed by atoms with E-state index in [1.165, 1.54) is 0 Å². The highest BCUT2D eigenvalue weighted by Crippen LogP contribution is 2.30. The van der Waals surface area contributed by atoms with Crippen LogP contribution in [-0.4, -0.2) is 47.7 Å². The number of ether oxygens (including phenoxy) is 4. The molecule has 1 aromatic carbocycles. The number of para-hydroxylation sites is 1. The summed E-state index contributed by atoms with van der Waals surface area (Å²) < 4.78 is 21.1. The highest BCUT2D eigenvalue weighted by Gasteiger charge is 2.10. The third-order valence-corrected chi connectivity index (χ3v) is 2.83. The van der Waals surface area contributed by atoms with E-state index in [-0.39, 0.29) is 0 Å². The number of rotatable bonds is 11. The summed E-state index contributed by atoms with van der Waals surface area (Å²) in [6, 6.07) is 5.90. The first-order chi connectivity index (χ1) is 9.83. The number of methoxy groups -OCH3 is 3. The number of hydrogen-bond acceptors (Lipinski definition) is 5. The van der Waals surface area contributed by atoms with E-state index >= 15 is 0 Å². The molecule has 0 unspecified atom stereocenters. The smallest absolute Gasteiger partial charge is 0.165 e. The molecule has 0 saturated carbocycles. The molecule has 1 N–H and O–H groups in total. The van der Waals surface area contributed by atoms with Crippen molar-refractivity contribution in [3.8, 4) is 11.5 Å². The molecule has 5 heteroatoms. The van der Waals surface area contributed by atoms with E-state index in [4.69, 9.17) is 18.9 Å². The molecule has 1 aromatic rings. The molecule has 0 amide bonds. The van der Waals surface area contributed by atoms with E-state index in [1.807, 2.05) is 18.2 Å². The predicted octanol–water partition coefficient (Wildman–Crippen LogP) is 1.85. The SMILES string of the molecule is COCCCNCc1cccc(OC)c1OCCOC. The van der Waals surface area contributed by atoms with Crippen molar-refractivity contribution in [2.24, 2.45) is 0 Å². The number of nitrogens with one attached hydrogen (secondary N) is 1. The van der Waals surface area contributed by atoms with Crippen LogP contribution in [0.4, 0.5) is 0 Å². The van der Waals surface area contributed by atoms with E-state index in [0.717, 1.165) is 43.2 Å². The van der Waals surface area contributed by atoms with Gasteiger partial charge in [0.05, 0.1) is 13.7 Å². The maximum absolute atomic E-state index is 5.76. The van der Waals surface area contributed by atoms with Gasteiger partial charge in [-0.25, -0.2) is 0 Å². The van der Waals surface area contributed by atoms with Crippen molar-refractivity contribution < 1.29 is 18.9 Å². The Labute approximate surface area is 121 Å². The Morgan fingerprint density at radius 1 is 1.00 bits per heavy atom. The first-order valence-electron chi connectivity index (χ1n) is 6.80. The van der Waals surface area contributed by atoms with Crippen LogP contribution in [0.25, 0.3) is 0 Å². The van der Waals surface area contributed by atoms with Crippen LogP contribution in [0.2, 0.25) is 0 Å². The van der Waals surface area contributed by atoms with Crippen LogP contribution >= 0.6 is 0 Å². The van der Waals surface area contributed by atoms with Gasteiger partial charge in [0.15, 0.2) is 11.5 Å². The highest BCUT2D eigenvalue weighted by molar-refractivity contribution is 5.46. The third-order valence-electron chi connectivity index (χ3n) is 2.83. The van der Waals surface area contributed by atoms with Gasteiger partial charge in [-0.3, -0.25) is 0 Å². The second-order valence-electron chi connectivity index (χ2n) is 4.31. The fourth-order valence-electron chi connectivity index (χ4n) is 1.82. The van der Waals surface area contributed by atoms with Gasteiger partial charge < -0.3 is 24.3 Å². The molecule has 0 atom stereocenters. The Morgan fingerprint density at radius 2 is 1.80 bits per heavy atom. The van der Waals surface area contributed by atoms with Crippen molar-refractivity contribution in [3.05, 3.63) is 23.8 Å². The van der Waals surface area contributed by atoms with Crippen molar-refractivity contribution in [2.75, 3.05) is 47.7 Å². The molecular formula is C15H25NO4. The van der Waals surface area contributed by atoms with Gasteiger partial charge in [0.25, 0.3) is 0 Å². The maximum atomic E-state index is 5.76. The van der Waals surface area contributed by atoms with E-state index in [0.29, 0.717) is 13.2 Å². The summed E-state index contributed by atoms with van der Waals surface area (Å²) in [5.74, 6) is 1.53. The highest BCUT2D eigenvalue weighted by atomic mass is 16.5. The van der Waals surface area contributed by atoms with Gasteiger partial charge in [-0.1, -0.05) is 12.1 Å². The summed E-state index contributed by atoms with van der Waals surface area (Å²) >= 11 is 0. The van der Waals surface area contributed by atoms with Crippen molar-refractivity contribution in [1.82, 2.24) is 5.32 Å². The van der Waals surface area contributed by atoms with Crippen molar-refractivity contribution in [3.63, 3.8) is 0 Å². The van der Waals surface area contributed by atoms with Crippen LogP contribution in [0.15, 0.2) is 18.2 Å². The minimum Gasteiger partial charge on any atom is -0.493 e. The lowest BCUT2D eigenvalue weighted by Crippen LogP contribution is -2.17. The Bertz CT molecular complexity index is 371. The fourth-order valence-corrected chi connectivity index (χ4v) is 1.82. The van der Waals surface area contributed by atoms with Gasteiger partial charge in [0.2, 0.25) is 0 Å². The monoisotopic (exact) mass is 283 g/mol. The minimum absolute atomic E-state index is 0.507. The maximum Gasteiger partial charge on any atom is 0.165 e. The lowest BCUT2D eigenvalue weighted by Gasteiger charge is -2.15. The van der Waals surface area contributed by atoms with Gasteiger partial charge in [0, 0.05) is 32.9 Å². The van der Waals surface area contributed by atoms with Gasteiger partial charge in [-0.15, -0.1) is 0 Å². The van der Waals surface area contributed by atoms with Crippen LogP contribution in [0.3, 0.4) is 0 Å². The minimum atomic E-state index is 0.507. The Kier molecular flexibility index (Phi) is 8.78. The standard InChI is InChI=1S/C15H25NO4/c1-17-9-5-8-16-12-13-6-4-7-14(19-3)15(13)20-11-10-18-2/h4,6-7,16H,5,8-12H2,1-3H3. The van der Waals surface area contributed by atoms with Crippen molar-refractivity contribution in [1.29, 1.82) is 0 Å². The zero-order valence-electron chi connectivity index (χ0n) is 12.6. The molecule has 0 fully saturated rings. The summed E-state index contributed by atoms with van der Waals surface area (Å²) in [7, 11) is 5.02. The molecule has 0 aliphatic rings. The van der Waals surface area contributed by atoms with Crippen LogP contribution in [0.1, 0.15) is 12.0 Å². The van der Waals surface area contributed by atoms with E-state index in [2.05, 4.69) is 5.32 Å². The first kappa shape index (κ1) is 16.8. The number of hydrogen-bond donors (Lipinski definition) is 1. The van der Waals surface area contributed by atoms with Gasteiger partial charge in [-0.05, 0) is 19.0 Å². The molecule has 5 nitrogen and oxygen atoms in total. The molecule has 0 aliphatic carbocycles. The Morgan fingerprint density at radius 3 is 2.50 bits per heavy atom. The molecule has 20 heavy (non-hydrogen) atoms. The van der Waals surface area contributed by atoms with E-state index in [9.17, 15) is 0 Å². The summed E-state index contributed by atoms with van der Waals surface area (Å²) in [5.41, 5.74) is 1.08. The fraction of sp³-hybridized carbons (Fsp3) is 0.600. The summed E-state index contributed by atoms with van der Waals surface area (Å²) in [6.45, 7) is 3.47. The molecule has 0 aliphatic heterocycles. The molecule has 0 spiro atoms. The second-order valence-corrected chi connectivity index (χ2v) is 4.31. The average Bonchev–Trinajstić information content (AvgIpc) is 2.48. The lowest BCUT2D eigenvalue weighted by atomic mass is 10.2. The zero-order valence-corrected chi connectivity index (χ0v) is 12.6. The summed E-state index contributed by atoms with van der Waals surface area (Å²) in [6.07, 6.45) is 0.986. The zero-order chi connectivity index (χ0) is 14.6. The van der Waals surface area contributed by atoms with Gasteiger partial charge >= 0.3 is 0 Å². The van der Waals surface area contributed by atoms with Gasteiger partial charge in [-0.2, -0.15) is 0 Å². The summed E-state index contributed by atoms with van der Waals surface area (Å²) in [5, 5.41) is 3.37. The van der Waals surface area contributed by atoms with Crippen LogP contribution in [0, 0.1) is 0 Å². The van der Waals surface area contributed by atoms with Crippen molar-refractivity contribution in [2.45, 2.75) is 13.0 Å². The third kappa shape index (κ3) is 5.77. The van der Waals surface area contributed by atoms with Crippen LogP contribution in [0.5, 0.6) is 11.5 Å².